The molecule has 1 saturated carbocycles. The largest absolute Gasteiger partial charge is 0.547 e. The van der Waals surface area contributed by atoms with Crippen LogP contribution in [0.4, 0.5) is 0 Å². The van der Waals surface area contributed by atoms with Crippen molar-refractivity contribution in [1.29, 1.82) is 0 Å². The van der Waals surface area contributed by atoms with Gasteiger partial charge in [-0.25, -0.2) is 0 Å². The molecule has 2 heteroatoms. The second-order valence-corrected chi connectivity index (χ2v) is 12.0. The molecular formula is C15H28OSi. The molecule has 0 unspecified atom stereocenters. The van der Waals surface area contributed by atoms with Gasteiger partial charge in [0.25, 0.3) is 0 Å². The third-order valence-electron chi connectivity index (χ3n) is 4.59. The Kier molecular flexibility index (Phi) is 3.22. The molecule has 2 aliphatic rings. The number of hydrogen-bond acceptors (Lipinski definition) is 1. The zero-order valence-corrected chi connectivity index (χ0v) is 13.3. The molecule has 0 radical (unpaired) electrons. The predicted octanol–water partition coefficient (Wildman–Crippen LogP) is 4.81. The van der Waals surface area contributed by atoms with Gasteiger partial charge in [0.15, 0.2) is 0 Å². The Balaban J connectivity index is 2.21. The van der Waals surface area contributed by atoms with Gasteiger partial charge in [-0.2, -0.15) is 0 Å². The Morgan fingerprint density at radius 2 is 1.94 bits per heavy atom. The minimum atomic E-state index is -1.46. The van der Waals surface area contributed by atoms with Crippen LogP contribution in [0.25, 0.3) is 0 Å². The lowest BCUT2D eigenvalue weighted by atomic mass is 9.61. The van der Waals surface area contributed by atoms with Crippen LogP contribution in [0.5, 0.6) is 0 Å². The first-order chi connectivity index (χ1) is 7.72. The summed E-state index contributed by atoms with van der Waals surface area (Å²) in [6.45, 7) is 14.2. The molecule has 98 valence electrons. The molecule has 0 N–H and O–H groups in total. The molecule has 0 amide bonds. The van der Waals surface area contributed by atoms with E-state index in [9.17, 15) is 0 Å². The average Bonchev–Trinajstić information content (AvgIpc) is 2.40. The van der Waals surface area contributed by atoms with Crippen molar-refractivity contribution in [3.05, 3.63) is 11.8 Å². The number of fused-ring (bicyclic) bond motifs is 1. The molecule has 0 saturated heterocycles. The second-order valence-electron chi connectivity index (χ2n) is 7.56. The summed E-state index contributed by atoms with van der Waals surface area (Å²) in [5, 5.41) is 0. The van der Waals surface area contributed by atoms with Gasteiger partial charge in [-0.3, -0.25) is 0 Å². The average molecular weight is 252 g/mol. The first-order valence-electron chi connectivity index (χ1n) is 7.12. The van der Waals surface area contributed by atoms with E-state index in [-0.39, 0.29) is 0 Å². The van der Waals surface area contributed by atoms with Gasteiger partial charge in [0.2, 0.25) is 8.32 Å². The highest BCUT2D eigenvalue weighted by atomic mass is 28.4. The van der Waals surface area contributed by atoms with Gasteiger partial charge in [-0.05, 0) is 62.7 Å². The van der Waals surface area contributed by atoms with Crippen LogP contribution in [0.3, 0.4) is 0 Å². The normalized spacial score (nSPS) is 42.0. The predicted molar refractivity (Wildman–Crippen MR) is 76.3 cm³/mol. The number of allylic oxidation sites excluding steroid dienone is 2. The Hall–Kier alpha value is -0.243. The molecule has 0 bridgehead atoms. The molecule has 0 spiro atoms. The van der Waals surface area contributed by atoms with Crippen LogP contribution in [0.1, 0.15) is 40.0 Å². The Morgan fingerprint density at radius 3 is 2.53 bits per heavy atom. The zero-order chi connectivity index (χ0) is 12.8. The van der Waals surface area contributed by atoms with Crippen molar-refractivity contribution >= 4 is 8.32 Å². The fraction of sp³-hybridized carbons (Fsp3) is 0.867. The highest BCUT2D eigenvalue weighted by molar-refractivity contribution is 6.70. The maximum Gasteiger partial charge on any atom is 0.241 e. The topological polar surface area (TPSA) is 9.23 Å². The minimum Gasteiger partial charge on any atom is -0.547 e. The van der Waals surface area contributed by atoms with Crippen LogP contribution >= 0.6 is 0 Å². The van der Waals surface area contributed by atoms with E-state index in [1.165, 1.54) is 25.0 Å². The molecule has 1 nitrogen and oxygen atoms in total. The highest BCUT2D eigenvalue weighted by Crippen LogP contribution is 2.56. The summed E-state index contributed by atoms with van der Waals surface area (Å²) in [6, 6.07) is 0. The van der Waals surface area contributed by atoms with E-state index in [4.69, 9.17) is 4.43 Å². The summed E-state index contributed by atoms with van der Waals surface area (Å²) in [4.78, 5) is 0. The summed E-state index contributed by atoms with van der Waals surface area (Å²) < 4.78 is 6.37. The van der Waals surface area contributed by atoms with E-state index in [2.05, 4.69) is 46.5 Å². The van der Waals surface area contributed by atoms with Crippen molar-refractivity contribution in [3.8, 4) is 0 Å². The van der Waals surface area contributed by atoms with Crippen molar-refractivity contribution in [3.63, 3.8) is 0 Å². The van der Waals surface area contributed by atoms with Crippen molar-refractivity contribution < 1.29 is 4.43 Å². The second kappa shape index (κ2) is 4.15. The van der Waals surface area contributed by atoms with Gasteiger partial charge in [0.05, 0.1) is 5.76 Å². The van der Waals surface area contributed by atoms with E-state index in [1.807, 2.05) is 0 Å². The van der Waals surface area contributed by atoms with Gasteiger partial charge in [-0.15, -0.1) is 0 Å². The fourth-order valence-electron chi connectivity index (χ4n) is 4.12. The van der Waals surface area contributed by atoms with Crippen LogP contribution in [-0.4, -0.2) is 8.32 Å². The quantitative estimate of drug-likeness (QED) is 0.641. The summed E-state index contributed by atoms with van der Waals surface area (Å²) in [5.74, 6) is 3.85. The lowest BCUT2D eigenvalue weighted by Gasteiger charge is -2.46. The monoisotopic (exact) mass is 252 g/mol. The highest BCUT2D eigenvalue weighted by Gasteiger charge is 2.49. The van der Waals surface area contributed by atoms with Gasteiger partial charge >= 0.3 is 0 Å². The molecule has 0 aromatic rings. The first kappa shape index (κ1) is 13.2. The molecular weight excluding hydrogens is 224 g/mol. The molecule has 4 atom stereocenters. The SMILES string of the molecule is C[C@@H]1C[C@H](C)[C@H]2CC=C(O[Si](C)(C)C)[C@]2(C)C1. The van der Waals surface area contributed by atoms with E-state index in [0.717, 1.165) is 17.8 Å². The van der Waals surface area contributed by atoms with E-state index in [0.29, 0.717) is 5.41 Å². The number of rotatable bonds is 2. The fourth-order valence-corrected chi connectivity index (χ4v) is 5.09. The molecule has 0 aromatic heterocycles. The lowest BCUT2D eigenvalue weighted by molar-refractivity contribution is 0.0540. The van der Waals surface area contributed by atoms with Gasteiger partial charge < -0.3 is 4.43 Å². The molecule has 1 fully saturated rings. The van der Waals surface area contributed by atoms with E-state index in [1.54, 1.807) is 0 Å². The maximum atomic E-state index is 6.37. The van der Waals surface area contributed by atoms with Crippen molar-refractivity contribution in [2.75, 3.05) is 0 Å². The summed E-state index contributed by atoms with van der Waals surface area (Å²) in [7, 11) is -1.46. The smallest absolute Gasteiger partial charge is 0.241 e. The van der Waals surface area contributed by atoms with Gasteiger partial charge in [0.1, 0.15) is 0 Å². The van der Waals surface area contributed by atoms with Crippen molar-refractivity contribution in [2.45, 2.75) is 59.7 Å². The molecule has 17 heavy (non-hydrogen) atoms. The maximum absolute atomic E-state index is 6.37. The molecule has 0 aliphatic heterocycles. The lowest BCUT2D eigenvalue weighted by Crippen LogP contribution is -2.40. The summed E-state index contributed by atoms with van der Waals surface area (Å²) >= 11 is 0. The van der Waals surface area contributed by atoms with E-state index >= 15 is 0 Å². The van der Waals surface area contributed by atoms with Crippen LogP contribution in [0.15, 0.2) is 11.8 Å². The standard InChI is InChI=1S/C15H28OSi/c1-11-9-12(2)13-7-8-14(15(13,3)10-11)16-17(4,5)6/h8,11-13H,7,9-10H2,1-6H3/t11-,12+,13-,15-/m1/s1. The third-order valence-corrected chi connectivity index (χ3v) is 5.42. The van der Waals surface area contributed by atoms with Crippen LogP contribution in [0.2, 0.25) is 19.6 Å². The summed E-state index contributed by atoms with van der Waals surface area (Å²) in [6.07, 6.45) is 6.36. The Morgan fingerprint density at radius 1 is 1.29 bits per heavy atom. The Bertz CT molecular complexity index is 328. The van der Waals surface area contributed by atoms with Crippen molar-refractivity contribution in [1.82, 2.24) is 0 Å². The van der Waals surface area contributed by atoms with Gasteiger partial charge in [-0.1, -0.05) is 20.8 Å². The Labute approximate surface area is 108 Å². The molecule has 2 rings (SSSR count). The zero-order valence-electron chi connectivity index (χ0n) is 12.3. The minimum absolute atomic E-state index is 0.331. The molecule has 0 heterocycles. The van der Waals surface area contributed by atoms with Crippen LogP contribution in [0, 0.1) is 23.2 Å². The van der Waals surface area contributed by atoms with Gasteiger partial charge in [0, 0.05) is 5.41 Å². The number of hydrogen-bond donors (Lipinski definition) is 0. The van der Waals surface area contributed by atoms with Crippen LogP contribution in [-0.2, 0) is 4.43 Å². The van der Waals surface area contributed by atoms with E-state index < -0.39 is 8.32 Å². The van der Waals surface area contributed by atoms with Crippen LogP contribution < -0.4 is 0 Å². The third kappa shape index (κ3) is 2.47. The summed E-state index contributed by atoms with van der Waals surface area (Å²) in [5.41, 5.74) is 0.331. The first-order valence-corrected chi connectivity index (χ1v) is 10.5. The molecule has 0 aromatic carbocycles. The molecule has 2 aliphatic carbocycles. The van der Waals surface area contributed by atoms with Crippen molar-refractivity contribution in [2.24, 2.45) is 23.2 Å².